The van der Waals surface area contributed by atoms with Gasteiger partial charge in [-0.2, -0.15) is 5.10 Å². The van der Waals surface area contributed by atoms with Crippen molar-refractivity contribution in [3.8, 4) is 0 Å². The molecule has 0 heterocycles. The molecule has 100 valence electrons. The van der Waals surface area contributed by atoms with E-state index in [4.69, 9.17) is 12.2 Å². The molecular formula is C15H19N3S. The van der Waals surface area contributed by atoms with E-state index < -0.39 is 0 Å². The first-order valence-electron chi connectivity index (χ1n) is 6.43. The van der Waals surface area contributed by atoms with Gasteiger partial charge in [0.2, 0.25) is 0 Å². The van der Waals surface area contributed by atoms with Crippen molar-refractivity contribution in [2.45, 2.75) is 33.6 Å². The molecule has 2 rings (SSSR count). The van der Waals surface area contributed by atoms with E-state index in [9.17, 15) is 0 Å². The smallest absolute Gasteiger partial charge is 0.191 e. The molecule has 0 saturated carbocycles. The molecule has 0 radical (unpaired) electrons. The predicted octanol–water partition coefficient (Wildman–Crippen LogP) is 3.69. The highest BCUT2D eigenvalue weighted by molar-refractivity contribution is 7.80. The number of hydrogen-bond donors (Lipinski definition) is 2. The van der Waals surface area contributed by atoms with Gasteiger partial charge in [-0.05, 0) is 63.0 Å². The van der Waals surface area contributed by atoms with Crippen molar-refractivity contribution < 1.29 is 0 Å². The Kier molecular flexibility index (Phi) is 4.32. The lowest BCUT2D eigenvalue weighted by Crippen LogP contribution is -2.25. The first-order valence-corrected chi connectivity index (χ1v) is 6.84. The van der Waals surface area contributed by atoms with Crippen LogP contribution in [0.25, 0.3) is 0 Å². The summed E-state index contributed by atoms with van der Waals surface area (Å²) in [5.74, 6) is 0. The number of hydrogen-bond acceptors (Lipinski definition) is 2. The van der Waals surface area contributed by atoms with E-state index in [0.29, 0.717) is 5.11 Å². The second-order valence-corrected chi connectivity index (χ2v) is 5.33. The Balaban J connectivity index is 1.99. The quantitative estimate of drug-likeness (QED) is 0.637. The topological polar surface area (TPSA) is 36.4 Å². The van der Waals surface area contributed by atoms with Gasteiger partial charge in [0, 0.05) is 5.69 Å². The minimum atomic E-state index is 0.530. The summed E-state index contributed by atoms with van der Waals surface area (Å²) >= 11 is 5.27. The second kappa shape index (κ2) is 5.97. The van der Waals surface area contributed by atoms with Crippen molar-refractivity contribution in [2.24, 2.45) is 5.10 Å². The largest absolute Gasteiger partial charge is 0.331 e. The Bertz CT molecular complexity index is 538. The maximum absolute atomic E-state index is 5.27. The molecule has 0 saturated heterocycles. The Hall–Kier alpha value is -1.68. The minimum absolute atomic E-state index is 0.530. The molecule has 0 atom stereocenters. The minimum Gasteiger partial charge on any atom is -0.331 e. The van der Waals surface area contributed by atoms with Crippen LogP contribution in [0.5, 0.6) is 0 Å². The molecule has 1 aromatic carbocycles. The summed E-state index contributed by atoms with van der Waals surface area (Å²) in [4.78, 5) is 0. The van der Waals surface area contributed by atoms with Crippen LogP contribution in [-0.2, 0) is 0 Å². The van der Waals surface area contributed by atoms with Gasteiger partial charge in [-0.25, -0.2) is 0 Å². The fraction of sp³-hybridized carbons (Fsp3) is 0.333. The second-order valence-electron chi connectivity index (χ2n) is 4.93. The first-order chi connectivity index (χ1) is 9.06. The van der Waals surface area contributed by atoms with Crippen molar-refractivity contribution in [1.82, 2.24) is 5.43 Å². The monoisotopic (exact) mass is 273 g/mol. The highest BCUT2D eigenvalue weighted by atomic mass is 32.1. The molecular weight excluding hydrogens is 254 g/mol. The summed E-state index contributed by atoms with van der Waals surface area (Å²) in [6.45, 7) is 6.25. The number of allylic oxidation sites excluding steroid dienone is 2. The van der Waals surface area contributed by atoms with Gasteiger partial charge in [-0.15, -0.1) is 0 Å². The number of thiocarbonyl (C=S) groups is 1. The Morgan fingerprint density at radius 2 is 1.84 bits per heavy atom. The fourth-order valence-corrected chi connectivity index (χ4v) is 2.27. The van der Waals surface area contributed by atoms with Crippen molar-refractivity contribution in [2.75, 3.05) is 5.32 Å². The van der Waals surface area contributed by atoms with E-state index in [1.807, 2.05) is 6.07 Å². The van der Waals surface area contributed by atoms with Crippen LogP contribution >= 0.6 is 12.2 Å². The molecule has 1 aliphatic carbocycles. The van der Waals surface area contributed by atoms with Crippen molar-refractivity contribution >= 4 is 28.7 Å². The molecule has 0 amide bonds. The molecule has 19 heavy (non-hydrogen) atoms. The summed E-state index contributed by atoms with van der Waals surface area (Å²) in [6, 6.07) is 6.17. The maximum Gasteiger partial charge on any atom is 0.191 e. The van der Waals surface area contributed by atoms with Gasteiger partial charge in [0.05, 0.1) is 5.71 Å². The van der Waals surface area contributed by atoms with Crippen LogP contribution < -0.4 is 10.7 Å². The molecule has 4 heteroatoms. The Labute approximate surface area is 119 Å². The third-order valence-electron chi connectivity index (χ3n) is 3.21. The van der Waals surface area contributed by atoms with Crippen LogP contribution in [0.3, 0.4) is 0 Å². The molecule has 0 aliphatic heterocycles. The van der Waals surface area contributed by atoms with Crippen LogP contribution in [0.2, 0.25) is 0 Å². The van der Waals surface area contributed by atoms with Gasteiger partial charge < -0.3 is 5.32 Å². The van der Waals surface area contributed by atoms with E-state index in [0.717, 1.165) is 24.2 Å². The molecule has 0 unspecified atom stereocenters. The summed E-state index contributed by atoms with van der Waals surface area (Å²) in [5.41, 5.74) is 8.74. The number of hydrazone groups is 1. The van der Waals surface area contributed by atoms with Crippen LogP contribution in [0.1, 0.15) is 30.9 Å². The number of para-hydroxylation sites is 1. The molecule has 0 aromatic heterocycles. The SMILES string of the molecule is CC1=CC(=NNC(=S)Nc2c(C)cccc2C)CC1. The van der Waals surface area contributed by atoms with Crippen LogP contribution in [-0.4, -0.2) is 10.8 Å². The molecule has 2 N–H and O–H groups in total. The number of nitrogens with zero attached hydrogens (tertiary/aromatic N) is 1. The number of rotatable bonds is 2. The van der Waals surface area contributed by atoms with E-state index in [-0.39, 0.29) is 0 Å². The average molecular weight is 273 g/mol. The van der Waals surface area contributed by atoms with Crippen molar-refractivity contribution in [3.63, 3.8) is 0 Å². The van der Waals surface area contributed by atoms with Crippen LogP contribution in [0.4, 0.5) is 5.69 Å². The number of aryl methyl sites for hydroxylation is 2. The molecule has 0 bridgehead atoms. The van der Waals surface area contributed by atoms with Crippen molar-refractivity contribution in [1.29, 1.82) is 0 Å². The van der Waals surface area contributed by atoms with E-state index in [1.165, 1.54) is 16.7 Å². The first kappa shape index (κ1) is 13.7. The molecule has 3 nitrogen and oxygen atoms in total. The Morgan fingerprint density at radius 3 is 2.42 bits per heavy atom. The lowest BCUT2D eigenvalue weighted by molar-refractivity contribution is 1.00. The van der Waals surface area contributed by atoms with Crippen molar-refractivity contribution in [3.05, 3.63) is 41.0 Å². The zero-order chi connectivity index (χ0) is 13.8. The fourth-order valence-electron chi connectivity index (χ4n) is 2.12. The molecule has 0 spiro atoms. The van der Waals surface area contributed by atoms with Gasteiger partial charge in [0.25, 0.3) is 0 Å². The normalized spacial score (nSPS) is 16.4. The van der Waals surface area contributed by atoms with Gasteiger partial charge in [-0.1, -0.05) is 23.8 Å². The number of anilines is 1. The average Bonchev–Trinajstić information content (AvgIpc) is 2.77. The van der Waals surface area contributed by atoms with E-state index in [2.05, 4.69) is 54.8 Å². The summed E-state index contributed by atoms with van der Waals surface area (Å²) < 4.78 is 0. The standard InChI is InChI=1S/C15H19N3S/c1-10-7-8-13(9-10)17-18-15(19)16-14-11(2)5-4-6-12(14)3/h4-6,9H,7-8H2,1-3H3,(H2,16,18,19). The zero-order valence-corrected chi connectivity index (χ0v) is 12.4. The molecule has 1 aliphatic rings. The van der Waals surface area contributed by atoms with Crippen LogP contribution in [0.15, 0.2) is 34.9 Å². The van der Waals surface area contributed by atoms with Crippen LogP contribution in [0, 0.1) is 13.8 Å². The molecule has 0 fully saturated rings. The van der Waals surface area contributed by atoms with Gasteiger partial charge in [0.15, 0.2) is 5.11 Å². The third-order valence-corrected chi connectivity index (χ3v) is 3.40. The lowest BCUT2D eigenvalue weighted by Gasteiger charge is -2.12. The lowest BCUT2D eigenvalue weighted by atomic mass is 10.1. The summed E-state index contributed by atoms with van der Waals surface area (Å²) in [7, 11) is 0. The molecule has 1 aromatic rings. The van der Waals surface area contributed by atoms with E-state index in [1.54, 1.807) is 0 Å². The highest BCUT2D eigenvalue weighted by Crippen LogP contribution is 2.19. The zero-order valence-electron chi connectivity index (χ0n) is 11.6. The predicted molar refractivity (Wildman–Crippen MR) is 85.7 cm³/mol. The summed E-state index contributed by atoms with van der Waals surface area (Å²) in [5, 5.41) is 8.05. The summed E-state index contributed by atoms with van der Waals surface area (Å²) in [6.07, 6.45) is 4.19. The number of benzene rings is 1. The highest BCUT2D eigenvalue weighted by Gasteiger charge is 2.07. The third kappa shape index (κ3) is 3.64. The maximum atomic E-state index is 5.27. The number of nitrogens with one attached hydrogen (secondary N) is 2. The van der Waals surface area contributed by atoms with Gasteiger partial charge >= 0.3 is 0 Å². The Morgan fingerprint density at radius 1 is 1.16 bits per heavy atom. The van der Waals surface area contributed by atoms with Gasteiger partial charge in [-0.3, -0.25) is 5.43 Å². The van der Waals surface area contributed by atoms with E-state index >= 15 is 0 Å². The van der Waals surface area contributed by atoms with Gasteiger partial charge in [0.1, 0.15) is 0 Å².